The molecule has 0 aliphatic carbocycles. The fourth-order valence-electron chi connectivity index (χ4n) is 2.36. The number of benzene rings is 1. The van der Waals surface area contributed by atoms with Crippen molar-refractivity contribution in [3.63, 3.8) is 0 Å². The van der Waals surface area contributed by atoms with Gasteiger partial charge >= 0.3 is 0 Å². The Balaban J connectivity index is 1.68. The summed E-state index contributed by atoms with van der Waals surface area (Å²) in [5, 5.41) is 0. The molecule has 0 radical (unpaired) electrons. The Kier molecular flexibility index (Phi) is 2.47. The molecule has 2 nitrogen and oxygen atoms in total. The monoisotopic (exact) mass is 203 g/mol. The van der Waals surface area contributed by atoms with Gasteiger partial charge in [0.25, 0.3) is 0 Å². The van der Waals surface area contributed by atoms with Gasteiger partial charge in [-0.1, -0.05) is 24.3 Å². The maximum atomic E-state index is 5.29. The summed E-state index contributed by atoms with van der Waals surface area (Å²) in [7, 11) is 0. The van der Waals surface area contributed by atoms with Crippen LogP contribution in [0.2, 0.25) is 0 Å². The van der Waals surface area contributed by atoms with Crippen molar-refractivity contribution >= 4 is 0 Å². The molecule has 2 heteroatoms. The van der Waals surface area contributed by atoms with Crippen LogP contribution < -0.4 is 0 Å². The summed E-state index contributed by atoms with van der Waals surface area (Å²) in [5.74, 6) is 0. The van der Waals surface area contributed by atoms with Crippen molar-refractivity contribution < 1.29 is 4.74 Å². The van der Waals surface area contributed by atoms with Crippen molar-refractivity contribution in [2.24, 2.45) is 0 Å². The largest absolute Gasteiger partial charge is 0.372 e. The normalized spacial score (nSPS) is 25.7. The van der Waals surface area contributed by atoms with Crippen molar-refractivity contribution in [3.05, 3.63) is 35.4 Å². The van der Waals surface area contributed by atoms with Crippen LogP contribution in [0.3, 0.4) is 0 Å². The summed E-state index contributed by atoms with van der Waals surface area (Å²) in [4.78, 5) is 2.54. The van der Waals surface area contributed by atoms with E-state index in [-0.39, 0.29) is 0 Å². The smallest absolute Gasteiger partial charge is 0.0936 e. The molecule has 2 aliphatic rings. The van der Waals surface area contributed by atoms with Crippen LogP contribution in [0.5, 0.6) is 0 Å². The van der Waals surface area contributed by atoms with E-state index in [4.69, 9.17) is 4.74 Å². The number of fused-ring (bicyclic) bond motifs is 1. The highest BCUT2D eigenvalue weighted by Crippen LogP contribution is 2.17. The van der Waals surface area contributed by atoms with E-state index in [0.29, 0.717) is 6.10 Å². The molecule has 0 aromatic heterocycles. The molecule has 2 aliphatic heterocycles. The van der Waals surface area contributed by atoms with E-state index in [9.17, 15) is 0 Å². The zero-order valence-electron chi connectivity index (χ0n) is 8.98. The van der Waals surface area contributed by atoms with Crippen molar-refractivity contribution in [3.8, 4) is 0 Å². The Labute approximate surface area is 90.8 Å². The maximum absolute atomic E-state index is 5.29. The average Bonchev–Trinajstić information content (AvgIpc) is 3.07. The predicted molar refractivity (Wildman–Crippen MR) is 60.0 cm³/mol. The fourth-order valence-corrected chi connectivity index (χ4v) is 2.36. The number of epoxide rings is 1. The molecule has 0 bridgehead atoms. The number of hydrogen-bond donors (Lipinski definition) is 0. The quantitative estimate of drug-likeness (QED) is 0.677. The minimum atomic E-state index is 0.534. The second kappa shape index (κ2) is 3.95. The third-order valence-corrected chi connectivity index (χ3v) is 3.38. The van der Waals surface area contributed by atoms with Crippen molar-refractivity contribution in [2.75, 3.05) is 26.2 Å². The van der Waals surface area contributed by atoms with Gasteiger partial charge in [-0.05, 0) is 24.0 Å². The van der Waals surface area contributed by atoms with Crippen LogP contribution in [0.25, 0.3) is 0 Å². The van der Waals surface area contributed by atoms with Gasteiger partial charge in [0.2, 0.25) is 0 Å². The van der Waals surface area contributed by atoms with Crippen molar-refractivity contribution in [1.29, 1.82) is 0 Å². The summed E-state index contributed by atoms with van der Waals surface area (Å²) in [6.07, 6.45) is 2.93. The van der Waals surface area contributed by atoms with Crippen LogP contribution in [0, 0.1) is 0 Å². The van der Waals surface area contributed by atoms with E-state index < -0.39 is 0 Å². The number of nitrogens with zero attached hydrogens (tertiary/aromatic N) is 1. The molecule has 1 aromatic rings. The summed E-state index contributed by atoms with van der Waals surface area (Å²) < 4.78 is 5.29. The van der Waals surface area contributed by atoms with Gasteiger partial charge in [-0.25, -0.2) is 0 Å². The van der Waals surface area contributed by atoms with Crippen LogP contribution in [0.1, 0.15) is 11.1 Å². The van der Waals surface area contributed by atoms with Gasteiger partial charge in [0.05, 0.1) is 12.7 Å². The predicted octanol–water partition coefficient (Wildman–Crippen LogP) is 1.49. The minimum absolute atomic E-state index is 0.534. The highest BCUT2D eigenvalue weighted by Gasteiger charge is 2.26. The lowest BCUT2D eigenvalue weighted by atomic mass is 10.0. The van der Waals surface area contributed by atoms with Crippen molar-refractivity contribution in [1.82, 2.24) is 4.90 Å². The first kappa shape index (κ1) is 9.37. The zero-order valence-corrected chi connectivity index (χ0v) is 8.98. The molecule has 1 atom stereocenters. The van der Waals surface area contributed by atoms with Gasteiger partial charge in [-0.2, -0.15) is 0 Å². The average molecular weight is 203 g/mol. The molecule has 0 unspecified atom stereocenters. The van der Waals surface area contributed by atoms with Gasteiger partial charge in [-0.3, -0.25) is 0 Å². The third-order valence-electron chi connectivity index (χ3n) is 3.38. The van der Waals surface area contributed by atoms with E-state index in [1.165, 1.54) is 37.1 Å². The summed E-state index contributed by atoms with van der Waals surface area (Å²) in [6.45, 7) is 4.49. The number of hydrogen-bond acceptors (Lipinski definition) is 2. The van der Waals surface area contributed by atoms with Crippen LogP contribution in [-0.2, 0) is 17.6 Å². The summed E-state index contributed by atoms with van der Waals surface area (Å²) in [6, 6.07) is 8.84. The Bertz CT molecular complexity index is 319. The van der Waals surface area contributed by atoms with Gasteiger partial charge < -0.3 is 9.64 Å². The Morgan fingerprint density at radius 1 is 1.13 bits per heavy atom. The van der Waals surface area contributed by atoms with E-state index in [0.717, 1.165) is 13.2 Å². The Hall–Kier alpha value is -0.860. The standard InChI is InChI=1S/C13H17NO/c1-2-4-12-6-8-14(9-13-10-15-13)7-5-11(12)3-1/h1-4,13H,5-10H2/t13-/m1/s1. The lowest BCUT2D eigenvalue weighted by Gasteiger charge is -2.17. The highest BCUT2D eigenvalue weighted by molar-refractivity contribution is 5.28. The van der Waals surface area contributed by atoms with Crippen LogP contribution in [0.15, 0.2) is 24.3 Å². The Morgan fingerprint density at radius 3 is 2.27 bits per heavy atom. The van der Waals surface area contributed by atoms with E-state index >= 15 is 0 Å². The second-order valence-electron chi connectivity index (χ2n) is 4.52. The molecule has 0 amide bonds. The first-order valence-electron chi connectivity index (χ1n) is 5.82. The fraction of sp³-hybridized carbons (Fsp3) is 0.538. The van der Waals surface area contributed by atoms with Crippen molar-refractivity contribution in [2.45, 2.75) is 18.9 Å². The summed E-state index contributed by atoms with van der Waals surface area (Å²) in [5.41, 5.74) is 3.08. The molecule has 0 saturated carbocycles. The first-order chi connectivity index (χ1) is 7.42. The number of rotatable bonds is 2. The molecular weight excluding hydrogens is 186 g/mol. The maximum Gasteiger partial charge on any atom is 0.0936 e. The molecule has 15 heavy (non-hydrogen) atoms. The zero-order chi connectivity index (χ0) is 10.1. The highest BCUT2D eigenvalue weighted by atomic mass is 16.6. The first-order valence-corrected chi connectivity index (χ1v) is 5.82. The molecule has 0 spiro atoms. The number of ether oxygens (including phenoxy) is 1. The molecule has 1 saturated heterocycles. The lowest BCUT2D eigenvalue weighted by Crippen LogP contribution is -2.30. The molecule has 3 rings (SSSR count). The van der Waals surface area contributed by atoms with E-state index in [2.05, 4.69) is 29.2 Å². The molecular formula is C13H17NO. The summed E-state index contributed by atoms with van der Waals surface area (Å²) >= 11 is 0. The Morgan fingerprint density at radius 2 is 1.73 bits per heavy atom. The second-order valence-corrected chi connectivity index (χ2v) is 4.52. The van der Waals surface area contributed by atoms with Gasteiger partial charge in [-0.15, -0.1) is 0 Å². The molecule has 1 aromatic carbocycles. The van der Waals surface area contributed by atoms with E-state index in [1.54, 1.807) is 0 Å². The van der Waals surface area contributed by atoms with Crippen LogP contribution in [-0.4, -0.2) is 37.2 Å². The minimum Gasteiger partial charge on any atom is -0.372 e. The molecule has 2 heterocycles. The lowest BCUT2D eigenvalue weighted by molar-refractivity contribution is 0.251. The molecule has 0 N–H and O–H groups in total. The van der Waals surface area contributed by atoms with Crippen LogP contribution in [0.4, 0.5) is 0 Å². The SMILES string of the molecule is c1ccc2c(c1)CCN(C[C@@H]1CO1)CC2. The molecule has 1 fully saturated rings. The van der Waals surface area contributed by atoms with Gasteiger partial charge in [0, 0.05) is 19.6 Å². The van der Waals surface area contributed by atoms with Gasteiger partial charge in [0.1, 0.15) is 0 Å². The third kappa shape index (κ3) is 2.21. The van der Waals surface area contributed by atoms with Gasteiger partial charge in [0.15, 0.2) is 0 Å². The van der Waals surface area contributed by atoms with E-state index in [1.807, 2.05) is 0 Å². The molecule has 80 valence electrons. The topological polar surface area (TPSA) is 15.8 Å². The van der Waals surface area contributed by atoms with Crippen LogP contribution >= 0.6 is 0 Å².